The van der Waals surface area contributed by atoms with Crippen molar-refractivity contribution in [2.24, 2.45) is 11.8 Å². The molecule has 8 nitrogen and oxygen atoms in total. The molecule has 3 amide bonds. The zero-order chi connectivity index (χ0) is 25.7. The van der Waals surface area contributed by atoms with Crippen LogP contribution in [0.3, 0.4) is 0 Å². The molecule has 0 unspecified atom stereocenters. The van der Waals surface area contributed by atoms with Crippen molar-refractivity contribution in [3.05, 3.63) is 84.4 Å². The summed E-state index contributed by atoms with van der Waals surface area (Å²) in [6.07, 6.45) is 3.89. The second kappa shape index (κ2) is 8.81. The van der Waals surface area contributed by atoms with E-state index < -0.39 is 29.8 Å². The molecule has 0 saturated carbocycles. The van der Waals surface area contributed by atoms with Crippen molar-refractivity contribution in [3.8, 4) is 11.5 Å². The average Bonchev–Trinajstić information content (AvgIpc) is 3.41. The van der Waals surface area contributed by atoms with Gasteiger partial charge in [0.05, 0.1) is 43.5 Å². The molecule has 0 spiro atoms. The largest absolute Gasteiger partial charge is 0.497 e. The van der Waals surface area contributed by atoms with E-state index in [1.165, 1.54) is 19.1 Å². The first-order valence-corrected chi connectivity index (χ1v) is 12.0. The first kappa shape index (κ1) is 22.8. The molecule has 3 aliphatic heterocycles. The number of carbonyl (C=O) groups excluding carboxylic acids is 3. The summed E-state index contributed by atoms with van der Waals surface area (Å²) in [5, 5.41) is 2.95. The number of nitrogens with one attached hydrogen (secondary N) is 1. The van der Waals surface area contributed by atoms with Crippen LogP contribution in [0.4, 0.5) is 17.1 Å². The fourth-order valence-electron chi connectivity index (χ4n) is 5.76. The molecule has 0 aromatic heterocycles. The fourth-order valence-corrected chi connectivity index (χ4v) is 5.76. The number of imide groups is 1. The third kappa shape index (κ3) is 3.48. The second-order valence-electron chi connectivity index (χ2n) is 9.22. The number of rotatable bonds is 5. The van der Waals surface area contributed by atoms with Gasteiger partial charge in [-0.25, -0.2) is 4.90 Å². The second-order valence-corrected chi connectivity index (χ2v) is 9.22. The van der Waals surface area contributed by atoms with Crippen molar-refractivity contribution in [3.63, 3.8) is 0 Å². The van der Waals surface area contributed by atoms with Crippen molar-refractivity contribution >= 4 is 40.9 Å². The third-order valence-corrected chi connectivity index (χ3v) is 7.36. The molecule has 0 radical (unpaired) electrons. The molecule has 1 N–H and O–H groups in total. The molecule has 0 bridgehead atoms. The number of hydrogen-bond acceptors (Lipinski definition) is 6. The summed E-state index contributed by atoms with van der Waals surface area (Å²) >= 11 is 0. The third-order valence-electron chi connectivity index (χ3n) is 7.36. The summed E-state index contributed by atoms with van der Waals surface area (Å²) in [5.74, 6) is -1.62. The van der Waals surface area contributed by atoms with E-state index in [2.05, 4.69) is 5.32 Å². The Morgan fingerprint density at radius 1 is 0.865 bits per heavy atom. The van der Waals surface area contributed by atoms with Crippen LogP contribution >= 0.6 is 0 Å². The number of anilines is 3. The van der Waals surface area contributed by atoms with E-state index in [0.717, 1.165) is 11.3 Å². The molecule has 3 heterocycles. The van der Waals surface area contributed by atoms with Gasteiger partial charge in [0, 0.05) is 11.8 Å². The van der Waals surface area contributed by atoms with Crippen LogP contribution in [0.5, 0.6) is 11.5 Å². The van der Waals surface area contributed by atoms with Crippen LogP contribution in [0, 0.1) is 11.8 Å². The van der Waals surface area contributed by atoms with E-state index in [0.29, 0.717) is 22.9 Å². The molecule has 0 aliphatic carbocycles. The van der Waals surface area contributed by atoms with Crippen molar-refractivity contribution < 1.29 is 23.9 Å². The van der Waals surface area contributed by atoms with Crippen LogP contribution in [0.15, 0.2) is 78.9 Å². The Bertz CT molecular complexity index is 1440. The number of para-hydroxylation sites is 2. The standard InChI is InChI=1S/C29H25N3O5/c1-36-19-13-15-23(37-2)20(16-19)30-27(33)26-25-24(22-14-12-17-8-6-7-11-21(17)32(22)26)28(34)31(29(25)35)18-9-4-3-5-10-18/h3-16,22,24-26H,1-2H3,(H,30,33)/t22-,24-,25+,26-/m0/s1. The minimum atomic E-state index is -0.915. The summed E-state index contributed by atoms with van der Waals surface area (Å²) in [5.41, 5.74) is 2.67. The molecular weight excluding hydrogens is 470 g/mol. The van der Waals surface area contributed by atoms with Crippen molar-refractivity contribution in [1.82, 2.24) is 0 Å². The number of ether oxygens (including phenoxy) is 2. The van der Waals surface area contributed by atoms with Gasteiger partial charge in [-0.3, -0.25) is 14.4 Å². The highest BCUT2D eigenvalue weighted by Gasteiger charge is 2.64. The zero-order valence-corrected chi connectivity index (χ0v) is 20.3. The van der Waals surface area contributed by atoms with Crippen molar-refractivity contribution in [2.75, 3.05) is 29.3 Å². The Balaban J connectivity index is 1.44. The van der Waals surface area contributed by atoms with Gasteiger partial charge in [0.2, 0.25) is 17.7 Å². The quantitative estimate of drug-likeness (QED) is 0.543. The monoisotopic (exact) mass is 495 g/mol. The molecule has 4 atom stereocenters. The van der Waals surface area contributed by atoms with E-state index in [1.54, 1.807) is 42.5 Å². The lowest BCUT2D eigenvalue weighted by Crippen LogP contribution is -2.50. The number of hydrogen-bond donors (Lipinski definition) is 1. The van der Waals surface area contributed by atoms with Gasteiger partial charge in [-0.1, -0.05) is 48.6 Å². The molecule has 6 rings (SSSR count). The van der Waals surface area contributed by atoms with Crippen LogP contribution in [0.2, 0.25) is 0 Å². The molecule has 3 aromatic rings. The van der Waals surface area contributed by atoms with Gasteiger partial charge in [0.25, 0.3) is 0 Å². The topological polar surface area (TPSA) is 88.2 Å². The molecule has 3 aromatic carbocycles. The van der Waals surface area contributed by atoms with Crippen LogP contribution in [-0.4, -0.2) is 44.0 Å². The maximum absolute atomic E-state index is 14.0. The Morgan fingerprint density at radius 2 is 1.59 bits per heavy atom. The maximum Gasteiger partial charge on any atom is 0.248 e. The lowest BCUT2D eigenvalue weighted by Gasteiger charge is -2.36. The van der Waals surface area contributed by atoms with Gasteiger partial charge >= 0.3 is 0 Å². The number of carbonyl (C=O) groups is 3. The van der Waals surface area contributed by atoms with Crippen LogP contribution in [0.25, 0.3) is 6.08 Å². The average molecular weight is 496 g/mol. The lowest BCUT2D eigenvalue weighted by atomic mass is 9.88. The Kier molecular flexibility index (Phi) is 5.44. The molecule has 37 heavy (non-hydrogen) atoms. The SMILES string of the molecule is COc1ccc(OC)c(NC(=O)[C@@H]2[C@@H]3C(=O)N(c4ccccc4)C(=O)[C@H]3[C@@H]3C=Cc4ccccc4N23)c1. The van der Waals surface area contributed by atoms with Gasteiger partial charge in [-0.15, -0.1) is 0 Å². The first-order chi connectivity index (χ1) is 18.0. The van der Waals surface area contributed by atoms with Crippen LogP contribution in [0.1, 0.15) is 5.56 Å². The summed E-state index contributed by atoms with van der Waals surface area (Å²) in [7, 11) is 3.05. The van der Waals surface area contributed by atoms with Gasteiger partial charge < -0.3 is 19.7 Å². The van der Waals surface area contributed by atoms with E-state index >= 15 is 0 Å². The summed E-state index contributed by atoms with van der Waals surface area (Å²) in [4.78, 5) is 44.8. The van der Waals surface area contributed by atoms with E-state index in [9.17, 15) is 14.4 Å². The number of methoxy groups -OCH3 is 2. The van der Waals surface area contributed by atoms with Gasteiger partial charge in [0.15, 0.2) is 0 Å². The number of nitrogens with zero attached hydrogens (tertiary/aromatic N) is 2. The molecule has 2 fully saturated rings. The van der Waals surface area contributed by atoms with Gasteiger partial charge in [-0.2, -0.15) is 0 Å². The van der Waals surface area contributed by atoms with E-state index in [1.807, 2.05) is 47.4 Å². The minimum absolute atomic E-state index is 0.297. The maximum atomic E-state index is 14.0. The predicted molar refractivity (Wildman–Crippen MR) is 140 cm³/mol. The number of fused-ring (bicyclic) bond motifs is 5. The summed E-state index contributed by atoms with van der Waals surface area (Å²) in [6.45, 7) is 0. The summed E-state index contributed by atoms with van der Waals surface area (Å²) < 4.78 is 10.8. The smallest absolute Gasteiger partial charge is 0.248 e. The molecular formula is C29H25N3O5. The van der Waals surface area contributed by atoms with Crippen molar-refractivity contribution in [1.29, 1.82) is 0 Å². The molecule has 3 aliphatic rings. The Labute approximate surface area is 214 Å². The predicted octanol–water partition coefficient (Wildman–Crippen LogP) is 3.73. The van der Waals surface area contributed by atoms with Gasteiger partial charge in [-0.05, 0) is 35.9 Å². The fraction of sp³-hybridized carbons (Fsp3) is 0.207. The van der Waals surface area contributed by atoms with Crippen molar-refractivity contribution in [2.45, 2.75) is 12.1 Å². The number of benzene rings is 3. The molecule has 8 heteroatoms. The lowest BCUT2D eigenvalue weighted by molar-refractivity contribution is -0.126. The van der Waals surface area contributed by atoms with Crippen LogP contribution in [-0.2, 0) is 14.4 Å². The van der Waals surface area contributed by atoms with E-state index in [4.69, 9.17) is 9.47 Å². The highest BCUT2D eigenvalue weighted by Crippen LogP contribution is 2.49. The number of amides is 3. The highest BCUT2D eigenvalue weighted by atomic mass is 16.5. The van der Waals surface area contributed by atoms with Crippen LogP contribution < -0.4 is 24.6 Å². The highest BCUT2D eigenvalue weighted by molar-refractivity contribution is 6.25. The minimum Gasteiger partial charge on any atom is -0.497 e. The normalized spacial score (nSPS) is 23.4. The molecule has 186 valence electrons. The molecule has 2 saturated heterocycles. The Morgan fingerprint density at radius 3 is 2.35 bits per heavy atom. The first-order valence-electron chi connectivity index (χ1n) is 12.0. The van der Waals surface area contributed by atoms with E-state index in [-0.39, 0.29) is 11.8 Å². The van der Waals surface area contributed by atoms with Gasteiger partial charge in [0.1, 0.15) is 17.5 Å². The zero-order valence-electron chi connectivity index (χ0n) is 20.3. The summed E-state index contributed by atoms with van der Waals surface area (Å²) in [6, 6.07) is 20.3. The Hall–Kier alpha value is -4.59.